The van der Waals surface area contributed by atoms with Crippen LogP contribution in [0.5, 0.6) is 0 Å². The first-order valence-corrected chi connectivity index (χ1v) is 9.45. The van der Waals surface area contributed by atoms with Crippen molar-refractivity contribution >= 4 is 39.0 Å². The Morgan fingerprint density at radius 2 is 2.15 bits per heavy atom. The van der Waals surface area contributed by atoms with Crippen LogP contribution in [0.2, 0.25) is 0 Å². The normalized spacial score (nSPS) is 13.4. The molecule has 2 N–H and O–H groups in total. The van der Waals surface area contributed by atoms with Crippen LogP contribution in [0, 0.1) is 0 Å². The molecule has 7 heteroatoms. The molecule has 4 nitrogen and oxygen atoms in total. The second kappa shape index (κ2) is 7.40. The Morgan fingerprint density at radius 1 is 1.50 bits per heavy atom. The third-order valence-electron chi connectivity index (χ3n) is 3.14. The summed E-state index contributed by atoms with van der Waals surface area (Å²) in [4.78, 5) is 0.422. The van der Waals surface area contributed by atoms with Gasteiger partial charge in [-0.25, -0.2) is 8.42 Å². The SMILES string of the molecule is CCC(CSC)N(C)S(=O)(=O)c1cccc(C(N)=S)c1. The van der Waals surface area contributed by atoms with Gasteiger partial charge in [0.15, 0.2) is 0 Å². The average molecular weight is 333 g/mol. The highest BCUT2D eigenvalue weighted by Gasteiger charge is 2.26. The van der Waals surface area contributed by atoms with Crippen molar-refractivity contribution in [1.29, 1.82) is 0 Å². The van der Waals surface area contributed by atoms with Gasteiger partial charge in [-0.05, 0) is 24.8 Å². The van der Waals surface area contributed by atoms with Crippen molar-refractivity contribution in [1.82, 2.24) is 4.31 Å². The summed E-state index contributed by atoms with van der Waals surface area (Å²) in [7, 11) is -1.91. The molecule has 0 saturated heterocycles. The van der Waals surface area contributed by atoms with Crippen LogP contribution in [0.1, 0.15) is 18.9 Å². The smallest absolute Gasteiger partial charge is 0.243 e. The van der Waals surface area contributed by atoms with Crippen LogP contribution >= 0.6 is 24.0 Å². The van der Waals surface area contributed by atoms with E-state index in [4.69, 9.17) is 18.0 Å². The molecule has 0 bridgehead atoms. The number of rotatable bonds is 7. The molecule has 0 amide bonds. The third kappa shape index (κ3) is 3.94. The molecule has 0 radical (unpaired) electrons. The van der Waals surface area contributed by atoms with Crippen molar-refractivity contribution in [2.24, 2.45) is 5.73 Å². The maximum absolute atomic E-state index is 12.6. The van der Waals surface area contributed by atoms with E-state index in [0.717, 1.165) is 12.2 Å². The lowest BCUT2D eigenvalue weighted by Gasteiger charge is -2.26. The van der Waals surface area contributed by atoms with Crippen LogP contribution in [-0.4, -0.2) is 42.8 Å². The van der Waals surface area contributed by atoms with E-state index in [1.54, 1.807) is 37.0 Å². The van der Waals surface area contributed by atoms with Gasteiger partial charge in [0, 0.05) is 24.4 Å². The number of nitrogens with zero attached hydrogens (tertiary/aromatic N) is 1. The molecule has 20 heavy (non-hydrogen) atoms. The maximum atomic E-state index is 12.6. The predicted molar refractivity (Wildman–Crippen MR) is 89.7 cm³/mol. The minimum absolute atomic E-state index is 0.0246. The van der Waals surface area contributed by atoms with Crippen molar-refractivity contribution in [3.63, 3.8) is 0 Å². The highest BCUT2D eigenvalue weighted by molar-refractivity contribution is 7.98. The first-order valence-electron chi connectivity index (χ1n) is 6.21. The molecule has 0 fully saturated rings. The minimum Gasteiger partial charge on any atom is -0.389 e. The largest absolute Gasteiger partial charge is 0.389 e. The van der Waals surface area contributed by atoms with Crippen LogP contribution in [0.3, 0.4) is 0 Å². The topological polar surface area (TPSA) is 63.4 Å². The Hall–Kier alpha value is -0.630. The first-order chi connectivity index (χ1) is 9.34. The number of nitrogens with two attached hydrogens (primary N) is 1. The Kier molecular flexibility index (Phi) is 6.44. The van der Waals surface area contributed by atoms with E-state index in [-0.39, 0.29) is 15.9 Å². The summed E-state index contributed by atoms with van der Waals surface area (Å²) >= 11 is 6.53. The van der Waals surface area contributed by atoms with Gasteiger partial charge >= 0.3 is 0 Å². The van der Waals surface area contributed by atoms with Gasteiger partial charge in [0.1, 0.15) is 4.99 Å². The van der Waals surface area contributed by atoms with Crippen LogP contribution in [0.4, 0.5) is 0 Å². The van der Waals surface area contributed by atoms with E-state index in [1.165, 1.54) is 10.4 Å². The van der Waals surface area contributed by atoms with E-state index < -0.39 is 10.0 Å². The Balaban J connectivity index is 3.15. The predicted octanol–water partition coefficient (Wildman–Crippen LogP) is 2.08. The number of sulfonamides is 1. The van der Waals surface area contributed by atoms with E-state index in [1.807, 2.05) is 13.2 Å². The van der Waals surface area contributed by atoms with Crippen molar-refractivity contribution in [3.8, 4) is 0 Å². The summed E-state index contributed by atoms with van der Waals surface area (Å²) in [5.74, 6) is 0.765. The lowest BCUT2D eigenvalue weighted by molar-refractivity contribution is 0.385. The van der Waals surface area contributed by atoms with Crippen molar-refractivity contribution < 1.29 is 8.42 Å². The zero-order valence-corrected chi connectivity index (χ0v) is 14.3. The molecule has 0 aliphatic carbocycles. The highest BCUT2D eigenvalue weighted by atomic mass is 32.2. The van der Waals surface area contributed by atoms with Gasteiger partial charge < -0.3 is 5.73 Å². The second-order valence-electron chi connectivity index (χ2n) is 4.43. The van der Waals surface area contributed by atoms with Gasteiger partial charge in [0.25, 0.3) is 0 Å². The number of thiocarbonyl (C=S) groups is 1. The lowest BCUT2D eigenvalue weighted by atomic mass is 10.2. The Bertz CT molecular complexity index is 573. The van der Waals surface area contributed by atoms with Gasteiger partial charge in [-0.2, -0.15) is 16.1 Å². The summed E-state index contributed by atoms with van der Waals surface area (Å²) in [6, 6.07) is 6.44. The van der Waals surface area contributed by atoms with Gasteiger partial charge in [-0.1, -0.05) is 31.3 Å². The molecule has 0 aromatic heterocycles. The van der Waals surface area contributed by atoms with E-state index in [0.29, 0.717) is 5.56 Å². The van der Waals surface area contributed by atoms with Crippen molar-refractivity contribution in [2.45, 2.75) is 24.3 Å². The molecule has 112 valence electrons. The zero-order chi connectivity index (χ0) is 15.3. The van der Waals surface area contributed by atoms with Gasteiger partial charge in [0.2, 0.25) is 10.0 Å². The van der Waals surface area contributed by atoms with Crippen molar-refractivity contribution in [3.05, 3.63) is 29.8 Å². The lowest BCUT2D eigenvalue weighted by Crippen LogP contribution is -2.38. The average Bonchev–Trinajstić information content (AvgIpc) is 2.44. The Labute approximate surface area is 130 Å². The number of hydrogen-bond acceptors (Lipinski definition) is 4. The van der Waals surface area contributed by atoms with Gasteiger partial charge in [-0.15, -0.1) is 0 Å². The fraction of sp³-hybridized carbons (Fsp3) is 0.462. The van der Waals surface area contributed by atoms with Crippen LogP contribution in [-0.2, 0) is 10.0 Å². The fourth-order valence-electron chi connectivity index (χ4n) is 1.84. The van der Waals surface area contributed by atoms with Gasteiger partial charge in [0.05, 0.1) is 4.90 Å². The molecule has 1 aromatic carbocycles. The van der Waals surface area contributed by atoms with E-state index in [2.05, 4.69) is 0 Å². The quantitative estimate of drug-likeness (QED) is 0.775. The molecule has 0 aliphatic rings. The molecule has 1 atom stereocenters. The zero-order valence-electron chi connectivity index (χ0n) is 11.9. The van der Waals surface area contributed by atoms with E-state index in [9.17, 15) is 8.42 Å². The number of thioether (sulfide) groups is 1. The van der Waals surface area contributed by atoms with Crippen LogP contribution < -0.4 is 5.73 Å². The second-order valence-corrected chi connectivity index (χ2v) is 7.78. The highest BCUT2D eigenvalue weighted by Crippen LogP contribution is 2.20. The van der Waals surface area contributed by atoms with Crippen molar-refractivity contribution in [2.75, 3.05) is 19.1 Å². The molecular weight excluding hydrogens is 312 g/mol. The molecule has 0 spiro atoms. The van der Waals surface area contributed by atoms with E-state index >= 15 is 0 Å². The first kappa shape index (κ1) is 17.4. The standard InChI is InChI=1S/C13H20N2O2S3/c1-4-11(9-19-3)15(2)20(16,17)12-7-5-6-10(8-12)13(14)18/h5-8,11H,4,9H2,1-3H3,(H2,14,18). The molecule has 0 heterocycles. The summed E-state index contributed by atoms with van der Waals surface area (Å²) < 4.78 is 26.7. The molecule has 1 unspecified atom stereocenters. The fourth-order valence-corrected chi connectivity index (χ4v) is 4.39. The van der Waals surface area contributed by atoms with Crippen LogP contribution in [0.15, 0.2) is 29.2 Å². The monoisotopic (exact) mass is 332 g/mol. The minimum atomic E-state index is -3.52. The third-order valence-corrected chi connectivity index (χ3v) is 6.00. The number of hydrogen-bond donors (Lipinski definition) is 1. The molecule has 1 rings (SSSR count). The maximum Gasteiger partial charge on any atom is 0.243 e. The van der Waals surface area contributed by atoms with Gasteiger partial charge in [-0.3, -0.25) is 0 Å². The summed E-state index contributed by atoms with van der Waals surface area (Å²) in [6.07, 6.45) is 2.74. The molecule has 1 aromatic rings. The Morgan fingerprint density at radius 3 is 2.65 bits per heavy atom. The molecule has 0 aliphatic heterocycles. The molecular formula is C13H20N2O2S3. The summed E-state index contributed by atoms with van der Waals surface area (Å²) in [5, 5.41) is 0. The number of benzene rings is 1. The summed E-state index contributed by atoms with van der Waals surface area (Å²) in [6.45, 7) is 1.98. The summed E-state index contributed by atoms with van der Waals surface area (Å²) in [5.41, 5.74) is 6.12. The van der Waals surface area contributed by atoms with Crippen LogP contribution in [0.25, 0.3) is 0 Å². The molecule has 0 saturated carbocycles.